The Hall–Kier alpha value is -5.02. The number of carbonyl (C=O) groups excluding carboxylic acids is 1. The molecular formula is C29H22N4O4S. The van der Waals surface area contributed by atoms with Crippen molar-refractivity contribution in [2.24, 2.45) is 5.10 Å². The zero-order valence-corrected chi connectivity index (χ0v) is 21.0. The van der Waals surface area contributed by atoms with Crippen molar-refractivity contribution in [2.45, 2.75) is 6.92 Å². The molecule has 0 aliphatic carbocycles. The zero-order chi connectivity index (χ0) is 26.5. The van der Waals surface area contributed by atoms with E-state index >= 15 is 0 Å². The third-order valence-corrected chi connectivity index (χ3v) is 6.41. The number of nitrogens with one attached hydrogen (secondary N) is 2. The predicted octanol–water partition coefficient (Wildman–Crippen LogP) is 6.58. The van der Waals surface area contributed by atoms with Crippen molar-refractivity contribution in [1.82, 2.24) is 10.4 Å². The highest BCUT2D eigenvalue weighted by Crippen LogP contribution is 2.27. The quantitative estimate of drug-likeness (QED) is 0.156. The topological polar surface area (TPSA) is 117 Å². The van der Waals surface area contributed by atoms with Crippen LogP contribution in [0.2, 0.25) is 0 Å². The van der Waals surface area contributed by atoms with Crippen LogP contribution in [0.3, 0.4) is 0 Å². The van der Waals surface area contributed by atoms with E-state index in [0.29, 0.717) is 17.1 Å². The molecule has 0 bridgehead atoms. The van der Waals surface area contributed by atoms with Gasteiger partial charge in [0.2, 0.25) is 0 Å². The van der Waals surface area contributed by atoms with Gasteiger partial charge in [-0.05, 0) is 55.5 Å². The lowest BCUT2D eigenvalue weighted by molar-refractivity contribution is 0.0696. The molecule has 0 unspecified atom stereocenters. The van der Waals surface area contributed by atoms with Crippen molar-refractivity contribution in [3.63, 3.8) is 0 Å². The van der Waals surface area contributed by atoms with Gasteiger partial charge in [-0.15, -0.1) is 11.3 Å². The largest absolute Gasteiger partial charge is 0.478 e. The first-order valence-electron chi connectivity index (χ1n) is 11.6. The molecule has 0 spiro atoms. The van der Waals surface area contributed by atoms with Crippen molar-refractivity contribution < 1.29 is 19.1 Å². The standard InChI is InChI=1S/C29H22N4O4S/c1-18-2-12-23(13-3-18)31-29-32-25(17-38-29)19-4-8-21(9-5-19)27(34)33-30-16-24-14-15-26(37-24)20-6-10-22(11-7-20)28(35)36/h2-17H,1H3,(H,31,32)(H,33,34)(H,35,36)/b30-16-. The smallest absolute Gasteiger partial charge is 0.335 e. The Morgan fingerprint density at radius 1 is 0.895 bits per heavy atom. The molecular weight excluding hydrogens is 500 g/mol. The number of anilines is 2. The fourth-order valence-corrected chi connectivity index (χ4v) is 4.33. The molecule has 1 amide bonds. The summed E-state index contributed by atoms with van der Waals surface area (Å²) >= 11 is 1.51. The van der Waals surface area contributed by atoms with Crippen LogP contribution in [0.15, 0.2) is 99.8 Å². The van der Waals surface area contributed by atoms with E-state index in [2.05, 4.69) is 20.8 Å². The molecule has 0 aliphatic heterocycles. The van der Waals surface area contributed by atoms with E-state index in [4.69, 9.17) is 9.52 Å². The molecule has 5 aromatic rings. The Morgan fingerprint density at radius 3 is 2.29 bits per heavy atom. The van der Waals surface area contributed by atoms with E-state index in [1.165, 1.54) is 35.2 Å². The van der Waals surface area contributed by atoms with Gasteiger partial charge in [-0.3, -0.25) is 4.79 Å². The molecule has 9 heteroatoms. The Balaban J connectivity index is 1.17. The summed E-state index contributed by atoms with van der Waals surface area (Å²) in [7, 11) is 0. The van der Waals surface area contributed by atoms with Crippen LogP contribution in [-0.2, 0) is 0 Å². The number of furan rings is 1. The van der Waals surface area contributed by atoms with Gasteiger partial charge in [-0.25, -0.2) is 15.2 Å². The van der Waals surface area contributed by atoms with Crippen LogP contribution in [0.5, 0.6) is 0 Å². The van der Waals surface area contributed by atoms with E-state index in [0.717, 1.165) is 27.6 Å². The van der Waals surface area contributed by atoms with Gasteiger partial charge in [0.05, 0.1) is 17.5 Å². The van der Waals surface area contributed by atoms with Gasteiger partial charge in [-0.1, -0.05) is 42.0 Å². The van der Waals surface area contributed by atoms with E-state index in [9.17, 15) is 9.59 Å². The molecule has 0 fully saturated rings. The van der Waals surface area contributed by atoms with Crippen LogP contribution in [0, 0.1) is 6.92 Å². The molecule has 0 radical (unpaired) electrons. The Kier molecular flexibility index (Phi) is 7.10. The van der Waals surface area contributed by atoms with Gasteiger partial charge in [0.15, 0.2) is 5.13 Å². The van der Waals surface area contributed by atoms with Crippen LogP contribution in [0.1, 0.15) is 32.0 Å². The van der Waals surface area contributed by atoms with Crippen LogP contribution in [0.25, 0.3) is 22.6 Å². The summed E-state index contributed by atoms with van der Waals surface area (Å²) in [5, 5.41) is 19.0. The number of rotatable bonds is 8. The number of benzene rings is 3. The third kappa shape index (κ3) is 5.85. The maximum absolute atomic E-state index is 12.5. The fraction of sp³-hybridized carbons (Fsp3) is 0.0345. The average molecular weight is 523 g/mol. The summed E-state index contributed by atoms with van der Waals surface area (Å²) in [4.78, 5) is 28.1. The number of carboxylic acid groups (broad SMARTS) is 1. The normalized spacial score (nSPS) is 11.0. The Morgan fingerprint density at radius 2 is 1.58 bits per heavy atom. The van der Waals surface area contributed by atoms with E-state index < -0.39 is 5.97 Å². The molecule has 38 heavy (non-hydrogen) atoms. The minimum absolute atomic E-state index is 0.198. The fourth-order valence-electron chi connectivity index (χ4n) is 3.59. The first-order chi connectivity index (χ1) is 18.4. The Labute approximate surface area is 222 Å². The number of aromatic carboxylic acids is 1. The zero-order valence-electron chi connectivity index (χ0n) is 20.2. The summed E-state index contributed by atoms with van der Waals surface area (Å²) < 4.78 is 5.71. The minimum Gasteiger partial charge on any atom is -0.478 e. The van der Waals surface area contributed by atoms with Crippen molar-refractivity contribution in [2.75, 3.05) is 5.32 Å². The van der Waals surface area contributed by atoms with E-state index in [-0.39, 0.29) is 11.5 Å². The average Bonchev–Trinajstić information content (AvgIpc) is 3.60. The van der Waals surface area contributed by atoms with Crippen molar-refractivity contribution in [3.05, 3.63) is 113 Å². The maximum Gasteiger partial charge on any atom is 0.335 e. The van der Waals surface area contributed by atoms with E-state index in [1.54, 1.807) is 36.4 Å². The van der Waals surface area contributed by atoms with Crippen molar-refractivity contribution in [3.8, 4) is 22.6 Å². The summed E-state index contributed by atoms with van der Waals surface area (Å²) in [6.07, 6.45) is 1.40. The van der Waals surface area contributed by atoms with Crippen LogP contribution in [0.4, 0.5) is 10.8 Å². The lowest BCUT2D eigenvalue weighted by Crippen LogP contribution is -2.17. The van der Waals surface area contributed by atoms with Crippen LogP contribution in [-0.4, -0.2) is 28.2 Å². The summed E-state index contributed by atoms with van der Waals surface area (Å²) in [5.74, 6) is -0.345. The predicted molar refractivity (Wildman–Crippen MR) is 148 cm³/mol. The van der Waals surface area contributed by atoms with E-state index in [1.807, 2.05) is 48.7 Å². The first-order valence-corrected chi connectivity index (χ1v) is 12.5. The molecule has 2 aromatic heterocycles. The number of amides is 1. The van der Waals surface area contributed by atoms with Gasteiger partial charge in [-0.2, -0.15) is 5.10 Å². The summed E-state index contributed by atoms with van der Waals surface area (Å²) in [5.41, 5.74) is 7.77. The highest BCUT2D eigenvalue weighted by atomic mass is 32.1. The van der Waals surface area contributed by atoms with Gasteiger partial charge in [0.1, 0.15) is 11.5 Å². The molecule has 0 saturated heterocycles. The second-order valence-corrected chi connectivity index (χ2v) is 9.25. The molecule has 0 aliphatic rings. The number of hydrogen-bond acceptors (Lipinski definition) is 7. The maximum atomic E-state index is 12.5. The highest BCUT2D eigenvalue weighted by molar-refractivity contribution is 7.14. The molecule has 0 saturated carbocycles. The van der Waals surface area contributed by atoms with Gasteiger partial charge < -0.3 is 14.8 Å². The number of hydrogen-bond donors (Lipinski definition) is 3. The second kappa shape index (κ2) is 10.9. The number of aromatic nitrogens is 1. The number of carboxylic acids is 1. The van der Waals surface area contributed by atoms with Crippen LogP contribution < -0.4 is 10.7 Å². The Bertz CT molecular complexity index is 1600. The molecule has 2 heterocycles. The lowest BCUT2D eigenvalue weighted by atomic mass is 10.1. The molecule has 0 atom stereocenters. The number of aryl methyl sites for hydroxylation is 1. The number of thiazole rings is 1. The molecule has 3 aromatic carbocycles. The van der Waals surface area contributed by atoms with Gasteiger partial charge >= 0.3 is 5.97 Å². The SMILES string of the molecule is Cc1ccc(Nc2nc(-c3ccc(C(=O)N/N=C\c4ccc(-c5ccc(C(=O)O)cc5)o4)cc3)cs2)cc1. The molecule has 188 valence electrons. The number of nitrogens with zero attached hydrogens (tertiary/aromatic N) is 2. The minimum atomic E-state index is -0.988. The lowest BCUT2D eigenvalue weighted by Gasteiger charge is -2.03. The van der Waals surface area contributed by atoms with Crippen molar-refractivity contribution in [1.29, 1.82) is 0 Å². The van der Waals surface area contributed by atoms with Gasteiger partial charge in [0.25, 0.3) is 5.91 Å². The molecule has 5 rings (SSSR count). The first kappa shape index (κ1) is 24.7. The van der Waals surface area contributed by atoms with Gasteiger partial charge in [0, 0.05) is 27.8 Å². The molecule has 8 nitrogen and oxygen atoms in total. The monoisotopic (exact) mass is 522 g/mol. The summed E-state index contributed by atoms with van der Waals surface area (Å²) in [6, 6.07) is 25.1. The number of carbonyl (C=O) groups is 2. The number of hydrazone groups is 1. The molecule has 3 N–H and O–H groups in total. The summed E-state index contributed by atoms with van der Waals surface area (Å²) in [6.45, 7) is 2.05. The highest BCUT2D eigenvalue weighted by Gasteiger charge is 2.09. The second-order valence-electron chi connectivity index (χ2n) is 8.39. The third-order valence-electron chi connectivity index (χ3n) is 5.65. The van der Waals surface area contributed by atoms with Crippen LogP contribution >= 0.6 is 11.3 Å². The van der Waals surface area contributed by atoms with Crippen molar-refractivity contribution >= 4 is 40.2 Å².